The second-order valence-corrected chi connectivity index (χ2v) is 6.67. The molecular weight excluding hydrogens is 271 g/mol. The molecule has 0 aliphatic rings. The highest BCUT2D eigenvalue weighted by Gasteiger charge is 2.26. The molecule has 0 aliphatic heterocycles. The molecule has 0 saturated heterocycles. The van der Waals surface area contributed by atoms with E-state index in [9.17, 15) is 4.39 Å². The van der Waals surface area contributed by atoms with Crippen LogP contribution in [-0.4, -0.2) is 11.0 Å². The smallest absolute Gasteiger partial charge is 0.123 e. The highest BCUT2D eigenvalue weighted by molar-refractivity contribution is 7.09. The lowest BCUT2D eigenvalue weighted by Crippen LogP contribution is -2.22. The first kappa shape index (κ1) is 15.1. The first-order valence-electron chi connectivity index (χ1n) is 6.84. The molecule has 2 nitrogen and oxygen atoms in total. The molecule has 0 spiro atoms. The maximum atomic E-state index is 13.0. The fourth-order valence-corrected chi connectivity index (χ4v) is 2.94. The summed E-state index contributed by atoms with van der Waals surface area (Å²) in [5.41, 5.74) is 1.94. The van der Waals surface area contributed by atoms with Gasteiger partial charge < -0.3 is 5.32 Å². The van der Waals surface area contributed by atoms with E-state index in [4.69, 9.17) is 4.98 Å². The summed E-state index contributed by atoms with van der Waals surface area (Å²) in [5.74, 6) is -0.203. The standard InChI is InChI=1S/C16H21FN2S/c1-11(2)18-9-14-10-20-15(19-14)16(3,4)12-5-7-13(17)8-6-12/h5-8,10-11,18H,9H2,1-4H3. The van der Waals surface area contributed by atoms with Crippen LogP contribution in [0.4, 0.5) is 4.39 Å². The third kappa shape index (κ3) is 3.44. The van der Waals surface area contributed by atoms with E-state index in [-0.39, 0.29) is 11.2 Å². The Bertz CT molecular complexity index is 558. The summed E-state index contributed by atoms with van der Waals surface area (Å²) in [5, 5.41) is 6.52. The highest BCUT2D eigenvalue weighted by atomic mass is 32.1. The minimum atomic E-state index is -0.203. The Kier molecular flexibility index (Phi) is 4.55. The lowest BCUT2D eigenvalue weighted by molar-refractivity contribution is 0.575. The number of rotatable bonds is 5. The molecule has 0 unspecified atom stereocenters. The summed E-state index contributed by atoms with van der Waals surface area (Å²) in [6.07, 6.45) is 0. The number of hydrogen-bond acceptors (Lipinski definition) is 3. The molecule has 0 bridgehead atoms. The van der Waals surface area contributed by atoms with Gasteiger partial charge in [-0.2, -0.15) is 0 Å². The number of aromatic nitrogens is 1. The van der Waals surface area contributed by atoms with Crippen LogP contribution in [0.2, 0.25) is 0 Å². The number of nitrogens with one attached hydrogen (secondary N) is 1. The van der Waals surface area contributed by atoms with E-state index < -0.39 is 0 Å². The van der Waals surface area contributed by atoms with E-state index in [2.05, 4.69) is 38.4 Å². The van der Waals surface area contributed by atoms with Gasteiger partial charge in [0.25, 0.3) is 0 Å². The Morgan fingerprint density at radius 3 is 2.50 bits per heavy atom. The maximum Gasteiger partial charge on any atom is 0.123 e. The van der Waals surface area contributed by atoms with Gasteiger partial charge in [-0.15, -0.1) is 11.3 Å². The molecule has 108 valence electrons. The van der Waals surface area contributed by atoms with Crippen molar-refractivity contribution < 1.29 is 4.39 Å². The van der Waals surface area contributed by atoms with Crippen molar-refractivity contribution in [3.05, 3.63) is 51.7 Å². The summed E-state index contributed by atoms with van der Waals surface area (Å²) in [6.45, 7) is 9.27. The fourth-order valence-electron chi connectivity index (χ4n) is 1.97. The van der Waals surface area contributed by atoms with Crippen molar-refractivity contribution >= 4 is 11.3 Å². The van der Waals surface area contributed by atoms with Crippen molar-refractivity contribution in [3.8, 4) is 0 Å². The summed E-state index contributed by atoms with van der Waals surface area (Å²) in [7, 11) is 0. The zero-order valence-corrected chi connectivity index (χ0v) is 13.2. The Hall–Kier alpha value is -1.26. The predicted octanol–water partition coefficient (Wildman–Crippen LogP) is 4.11. The number of thiazole rings is 1. The molecule has 1 aromatic heterocycles. The van der Waals surface area contributed by atoms with Gasteiger partial charge in [0.2, 0.25) is 0 Å². The highest BCUT2D eigenvalue weighted by Crippen LogP contribution is 2.33. The largest absolute Gasteiger partial charge is 0.309 e. The van der Waals surface area contributed by atoms with Crippen molar-refractivity contribution in [1.29, 1.82) is 0 Å². The zero-order chi connectivity index (χ0) is 14.8. The van der Waals surface area contributed by atoms with Gasteiger partial charge in [-0.05, 0) is 31.5 Å². The summed E-state index contributed by atoms with van der Waals surface area (Å²) in [6, 6.07) is 7.13. The quantitative estimate of drug-likeness (QED) is 0.897. The Balaban J connectivity index is 2.19. The van der Waals surface area contributed by atoms with Gasteiger partial charge in [-0.25, -0.2) is 9.37 Å². The third-order valence-electron chi connectivity index (χ3n) is 3.34. The average molecular weight is 292 g/mol. The second kappa shape index (κ2) is 6.02. The van der Waals surface area contributed by atoms with Crippen molar-refractivity contribution in [3.63, 3.8) is 0 Å². The molecule has 0 aliphatic carbocycles. The predicted molar refractivity (Wildman–Crippen MR) is 82.6 cm³/mol. The SMILES string of the molecule is CC(C)NCc1csc(C(C)(C)c2ccc(F)cc2)n1. The van der Waals surface area contributed by atoms with Crippen LogP contribution in [-0.2, 0) is 12.0 Å². The van der Waals surface area contributed by atoms with E-state index in [1.54, 1.807) is 11.3 Å². The van der Waals surface area contributed by atoms with Crippen LogP contribution in [0, 0.1) is 5.82 Å². The molecule has 0 atom stereocenters. The topological polar surface area (TPSA) is 24.9 Å². The first-order chi connectivity index (χ1) is 9.39. The van der Waals surface area contributed by atoms with Crippen molar-refractivity contribution in [2.75, 3.05) is 0 Å². The van der Waals surface area contributed by atoms with Crippen LogP contribution < -0.4 is 5.32 Å². The van der Waals surface area contributed by atoms with E-state index in [0.29, 0.717) is 6.04 Å². The van der Waals surface area contributed by atoms with Gasteiger partial charge in [0.15, 0.2) is 0 Å². The average Bonchev–Trinajstić information content (AvgIpc) is 2.86. The molecule has 1 aromatic carbocycles. The summed E-state index contributed by atoms with van der Waals surface area (Å²) >= 11 is 1.66. The van der Waals surface area contributed by atoms with E-state index in [0.717, 1.165) is 22.8 Å². The van der Waals surface area contributed by atoms with Gasteiger partial charge in [0, 0.05) is 23.4 Å². The normalized spacial score (nSPS) is 12.1. The van der Waals surface area contributed by atoms with E-state index in [1.807, 2.05) is 12.1 Å². The molecular formula is C16H21FN2S. The monoisotopic (exact) mass is 292 g/mol. The van der Waals surface area contributed by atoms with E-state index >= 15 is 0 Å². The van der Waals surface area contributed by atoms with Crippen LogP contribution in [0.25, 0.3) is 0 Å². The maximum absolute atomic E-state index is 13.0. The Labute approximate surface area is 124 Å². The van der Waals surface area contributed by atoms with Crippen molar-refractivity contribution in [2.24, 2.45) is 0 Å². The van der Waals surface area contributed by atoms with Gasteiger partial charge in [-0.1, -0.05) is 26.0 Å². The molecule has 2 aromatic rings. The number of halogens is 1. The lowest BCUT2D eigenvalue weighted by atomic mass is 9.85. The molecule has 0 amide bonds. The van der Waals surface area contributed by atoms with E-state index in [1.165, 1.54) is 12.1 Å². The van der Waals surface area contributed by atoms with Gasteiger partial charge in [-0.3, -0.25) is 0 Å². The van der Waals surface area contributed by atoms with Gasteiger partial charge in [0.05, 0.1) is 5.69 Å². The molecule has 2 rings (SSSR count). The van der Waals surface area contributed by atoms with Crippen molar-refractivity contribution in [1.82, 2.24) is 10.3 Å². The lowest BCUT2D eigenvalue weighted by Gasteiger charge is -2.22. The molecule has 0 fully saturated rings. The number of nitrogens with zero attached hydrogens (tertiary/aromatic N) is 1. The zero-order valence-electron chi connectivity index (χ0n) is 12.4. The van der Waals surface area contributed by atoms with Crippen molar-refractivity contribution in [2.45, 2.75) is 45.7 Å². The van der Waals surface area contributed by atoms with Crippen LogP contribution in [0.15, 0.2) is 29.6 Å². The van der Waals surface area contributed by atoms with Crippen LogP contribution in [0.1, 0.15) is 44.0 Å². The van der Waals surface area contributed by atoms with Gasteiger partial charge in [0.1, 0.15) is 10.8 Å². The Morgan fingerprint density at radius 1 is 1.25 bits per heavy atom. The summed E-state index contributed by atoms with van der Waals surface area (Å²) in [4.78, 5) is 4.71. The molecule has 1 N–H and O–H groups in total. The van der Waals surface area contributed by atoms with Crippen LogP contribution in [0.3, 0.4) is 0 Å². The molecule has 0 saturated carbocycles. The number of hydrogen-bond donors (Lipinski definition) is 1. The van der Waals surface area contributed by atoms with Crippen LogP contribution >= 0.6 is 11.3 Å². The molecule has 0 radical (unpaired) electrons. The second-order valence-electron chi connectivity index (χ2n) is 5.81. The minimum absolute atomic E-state index is 0.200. The minimum Gasteiger partial charge on any atom is -0.309 e. The molecule has 1 heterocycles. The molecule has 20 heavy (non-hydrogen) atoms. The number of benzene rings is 1. The summed E-state index contributed by atoms with van der Waals surface area (Å²) < 4.78 is 13.0. The fraction of sp³-hybridized carbons (Fsp3) is 0.438. The Morgan fingerprint density at radius 2 is 1.90 bits per heavy atom. The third-order valence-corrected chi connectivity index (χ3v) is 4.56. The van der Waals surface area contributed by atoms with Gasteiger partial charge >= 0.3 is 0 Å². The van der Waals surface area contributed by atoms with Crippen LogP contribution in [0.5, 0.6) is 0 Å². The first-order valence-corrected chi connectivity index (χ1v) is 7.72. The molecule has 4 heteroatoms.